The second-order valence-corrected chi connectivity index (χ2v) is 7.23. The number of aromatic nitrogens is 2. The van der Waals surface area contributed by atoms with Crippen LogP contribution in [0.1, 0.15) is 37.1 Å². The highest BCUT2D eigenvalue weighted by atomic mass is 19.1. The molecule has 0 saturated carbocycles. The Morgan fingerprint density at radius 3 is 2.67 bits per heavy atom. The van der Waals surface area contributed by atoms with Crippen molar-refractivity contribution in [3.05, 3.63) is 47.5 Å². The number of carbonyl (C=O) groups excluding carboxylic acids is 1. The molecule has 1 atom stereocenters. The van der Waals surface area contributed by atoms with Gasteiger partial charge < -0.3 is 15.4 Å². The summed E-state index contributed by atoms with van der Waals surface area (Å²) >= 11 is 0. The normalized spacial score (nSPS) is 17.5. The minimum Gasteiger partial charge on any atom is -0.384 e. The molecule has 1 saturated heterocycles. The molecule has 1 aromatic heterocycles. The van der Waals surface area contributed by atoms with E-state index in [9.17, 15) is 9.18 Å². The number of ether oxygens (including phenoxy) is 1. The number of nitrogens with one attached hydrogen (secondary N) is 2. The lowest BCUT2D eigenvalue weighted by atomic mass is 9.78. The second kappa shape index (κ2) is 8.19. The average Bonchev–Trinajstić information content (AvgIpc) is 3.05. The van der Waals surface area contributed by atoms with Crippen molar-refractivity contribution in [3.63, 3.8) is 0 Å². The highest BCUT2D eigenvalue weighted by Crippen LogP contribution is 2.31. The fourth-order valence-electron chi connectivity index (χ4n) is 3.74. The van der Waals surface area contributed by atoms with Crippen molar-refractivity contribution in [2.75, 3.05) is 26.8 Å². The molecule has 1 unspecified atom stereocenters. The van der Waals surface area contributed by atoms with Crippen LogP contribution in [0.2, 0.25) is 0 Å². The molecule has 27 heavy (non-hydrogen) atoms. The summed E-state index contributed by atoms with van der Waals surface area (Å²) in [6.45, 7) is 5.95. The SMILES string of the molecule is COCC1(C(=O)NC(C)c2cnn(-c3ccc(F)cc3)c2C)CCNCC1. The molecule has 0 bridgehead atoms. The Morgan fingerprint density at radius 2 is 2.04 bits per heavy atom. The summed E-state index contributed by atoms with van der Waals surface area (Å²) in [5.74, 6) is -0.262. The van der Waals surface area contributed by atoms with Gasteiger partial charge in [0.2, 0.25) is 5.91 Å². The third-order valence-corrected chi connectivity index (χ3v) is 5.40. The molecule has 2 aromatic rings. The molecule has 2 N–H and O–H groups in total. The lowest BCUT2D eigenvalue weighted by Gasteiger charge is -2.36. The number of halogens is 1. The lowest BCUT2D eigenvalue weighted by molar-refractivity contribution is -0.136. The number of carbonyl (C=O) groups is 1. The van der Waals surface area contributed by atoms with Gasteiger partial charge in [-0.3, -0.25) is 4.79 Å². The molecule has 1 aromatic carbocycles. The topological polar surface area (TPSA) is 68.2 Å². The van der Waals surface area contributed by atoms with E-state index < -0.39 is 5.41 Å². The monoisotopic (exact) mass is 374 g/mol. The Bertz CT molecular complexity index is 776. The largest absolute Gasteiger partial charge is 0.384 e. The molecule has 1 aliphatic rings. The average molecular weight is 374 g/mol. The highest BCUT2D eigenvalue weighted by molar-refractivity contribution is 5.83. The Balaban J connectivity index is 1.77. The fraction of sp³-hybridized carbons (Fsp3) is 0.500. The van der Waals surface area contributed by atoms with Crippen LogP contribution in [0.25, 0.3) is 5.69 Å². The highest BCUT2D eigenvalue weighted by Gasteiger charge is 2.40. The smallest absolute Gasteiger partial charge is 0.229 e. The van der Waals surface area contributed by atoms with Crippen molar-refractivity contribution in [2.45, 2.75) is 32.7 Å². The molecule has 1 aliphatic heterocycles. The van der Waals surface area contributed by atoms with E-state index in [1.54, 1.807) is 30.1 Å². The second-order valence-electron chi connectivity index (χ2n) is 7.23. The van der Waals surface area contributed by atoms with Gasteiger partial charge in [0, 0.05) is 18.4 Å². The van der Waals surface area contributed by atoms with Crippen LogP contribution in [0.5, 0.6) is 0 Å². The van der Waals surface area contributed by atoms with Gasteiger partial charge in [0.15, 0.2) is 0 Å². The van der Waals surface area contributed by atoms with E-state index in [2.05, 4.69) is 15.7 Å². The van der Waals surface area contributed by atoms with E-state index in [4.69, 9.17) is 4.74 Å². The Hall–Kier alpha value is -2.25. The Labute approximate surface area is 159 Å². The summed E-state index contributed by atoms with van der Waals surface area (Å²) in [6, 6.07) is 6.01. The van der Waals surface area contributed by atoms with E-state index in [1.165, 1.54) is 12.1 Å². The van der Waals surface area contributed by atoms with Crippen LogP contribution >= 0.6 is 0 Å². The molecule has 6 nitrogen and oxygen atoms in total. The number of nitrogens with zero attached hydrogens (tertiary/aromatic N) is 2. The summed E-state index contributed by atoms with van der Waals surface area (Å²) in [6.07, 6.45) is 3.27. The van der Waals surface area contributed by atoms with Gasteiger partial charge in [-0.2, -0.15) is 5.10 Å². The molecule has 3 rings (SSSR count). The molecular weight excluding hydrogens is 347 g/mol. The van der Waals surface area contributed by atoms with E-state index in [1.807, 2.05) is 13.8 Å². The van der Waals surface area contributed by atoms with Gasteiger partial charge in [0.25, 0.3) is 0 Å². The van der Waals surface area contributed by atoms with Crippen LogP contribution in [-0.2, 0) is 9.53 Å². The van der Waals surface area contributed by atoms with Gasteiger partial charge in [-0.05, 0) is 64.0 Å². The van der Waals surface area contributed by atoms with Crippen LogP contribution in [0.3, 0.4) is 0 Å². The molecule has 0 aliphatic carbocycles. The summed E-state index contributed by atoms with van der Waals surface area (Å²) in [5, 5.41) is 10.9. The van der Waals surface area contributed by atoms with E-state index in [0.29, 0.717) is 6.61 Å². The predicted octanol–water partition coefficient (Wildman–Crippen LogP) is 2.51. The Morgan fingerprint density at radius 1 is 1.37 bits per heavy atom. The number of methoxy groups -OCH3 is 1. The van der Waals surface area contributed by atoms with Crippen LogP contribution in [0.4, 0.5) is 4.39 Å². The van der Waals surface area contributed by atoms with Crippen molar-refractivity contribution in [1.82, 2.24) is 20.4 Å². The van der Waals surface area contributed by atoms with E-state index >= 15 is 0 Å². The summed E-state index contributed by atoms with van der Waals surface area (Å²) in [5.41, 5.74) is 2.15. The number of piperidine rings is 1. The van der Waals surface area contributed by atoms with Crippen molar-refractivity contribution in [3.8, 4) is 5.69 Å². The van der Waals surface area contributed by atoms with Gasteiger partial charge in [0.1, 0.15) is 5.82 Å². The molecule has 0 radical (unpaired) electrons. The van der Waals surface area contributed by atoms with Crippen LogP contribution in [0, 0.1) is 18.2 Å². The summed E-state index contributed by atoms with van der Waals surface area (Å²) < 4.78 is 20.3. The number of hydrogen-bond donors (Lipinski definition) is 2. The zero-order valence-corrected chi connectivity index (χ0v) is 16.1. The van der Waals surface area contributed by atoms with Gasteiger partial charge in [-0.15, -0.1) is 0 Å². The number of rotatable bonds is 6. The van der Waals surface area contributed by atoms with Gasteiger partial charge >= 0.3 is 0 Å². The van der Waals surface area contributed by atoms with Crippen LogP contribution < -0.4 is 10.6 Å². The quantitative estimate of drug-likeness (QED) is 0.815. The van der Waals surface area contributed by atoms with Crippen molar-refractivity contribution < 1.29 is 13.9 Å². The third kappa shape index (κ3) is 4.04. The van der Waals surface area contributed by atoms with Gasteiger partial charge in [-0.25, -0.2) is 9.07 Å². The van der Waals surface area contributed by atoms with Crippen LogP contribution in [-0.4, -0.2) is 42.5 Å². The molecule has 1 amide bonds. The van der Waals surface area contributed by atoms with E-state index in [0.717, 1.165) is 42.9 Å². The first-order valence-corrected chi connectivity index (χ1v) is 9.28. The third-order valence-electron chi connectivity index (χ3n) is 5.40. The number of amides is 1. The first-order valence-electron chi connectivity index (χ1n) is 9.28. The van der Waals surface area contributed by atoms with Crippen molar-refractivity contribution in [1.29, 1.82) is 0 Å². The van der Waals surface area contributed by atoms with Crippen molar-refractivity contribution in [2.24, 2.45) is 5.41 Å². The first-order chi connectivity index (χ1) is 13.0. The summed E-state index contributed by atoms with van der Waals surface area (Å²) in [4.78, 5) is 13.0. The maximum Gasteiger partial charge on any atom is 0.229 e. The first kappa shape index (κ1) is 19.5. The van der Waals surface area contributed by atoms with Crippen LogP contribution in [0.15, 0.2) is 30.5 Å². The van der Waals surface area contributed by atoms with E-state index in [-0.39, 0.29) is 17.8 Å². The van der Waals surface area contributed by atoms with Gasteiger partial charge in [-0.1, -0.05) is 0 Å². The summed E-state index contributed by atoms with van der Waals surface area (Å²) in [7, 11) is 1.64. The predicted molar refractivity (Wildman–Crippen MR) is 101 cm³/mol. The molecule has 0 spiro atoms. The minimum atomic E-state index is -0.491. The van der Waals surface area contributed by atoms with Gasteiger partial charge in [0.05, 0.1) is 29.9 Å². The molecule has 146 valence electrons. The fourth-order valence-corrected chi connectivity index (χ4v) is 3.74. The number of benzene rings is 1. The lowest BCUT2D eigenvalue weighted by Crippen LogP contribution is -2.50. The maximum atomic E-state index is 13.2. The molecular formula is C20H27FN4O2. The molecule has 2 heterocycles. The zero-order valence-electron chi connectivity index (χ0n) is 16.1. The van der Waals surface area contributed by atoms with Crippen molar-refractivity contribution >= 4 is 5.91 Å². The zero-order chi connectivity index (χ0) is 19.4. The maximum absolute atomic E-state index is 13.2. The molecule has 7 heteroatoms. The minimum absolute atomic E-state index is 0.0206. The molecule has 1 fully saturated rings. The Kier molecular flexibility index (Phi) is 5.92. The standard InChI is InChI=1S/C20H27FN4O2/c1-14(24-19(26)20(13-27-3)8-10-22-11-9-20)18-12-23-25(15(18)2)17-6-4-16(21)5-7-17/h4-7,12,14,22H,8-11,13H2,1-3H3,(H,24,26). The number of hydrogen-bond acceptors (Lipinski definition) is 4.